The van der Waals surface area contributed by atoms with Crippen molar-refractivity contribution in [2.24, 2.45) is 18.2 Å². The van der Waals surface area contributed by atoms with Gasteiger partial charge in [-0.2, -0.15) is 5.10 Å². The van der Waals surface area contributed by atoms with E-state index in [1.54, 1.807) is 0 Å². The summed E-state index contributed by atoms with van der Waals surface area (Å²) in [5.74, 6) is 0.0951. The molecule has 0 atom stereocenters. The molecule has 5 nitrogen and oxygen atoms in total. The Bertz CT molecular complexity index is 463. The highest BCUT2D eigenvalue weighted by Crippen LogP contribution is 2.25. The lowest BCUT2D eigenvalue weighted by Crippen LogP contribution is -2.26. The van der Waals surface area contributed by atoms with E-state index in [2.05, 4.69) is 24.3 Å². The van der Waals surface area contributed by atoms with Crippen LogP contribution in [0, 0.1) is 19.3 Å². The summed E-state index contributed by atoms with van der Waals surface area (Å²) in [6.45, 7) is 9.53. The van der Waals surface area contributed by atoms with Crippen molar-refractivity contribution in [3.63, 3.8) is 0 Å². The van der Waals surface area contributed by atoms with Gasteiger partial charge < -0.3 is 11.1 Å². The molecular formula is C15H28N4O. The second-order valence-corrected chi connectivity index (χ2v) is 6.25. The van der Waals surface area contributed by atoms with Crippen LogP contribution in [0.15, 0.2) is 0 Å². The summed E-state index contributed by atoms with van der Waals surface area (Å²) in [6.07, 6.45) is 2.35. The lowest BCUT2D eigenvalue weighted by molar-refractivity contribution is -0.121. The highest BCUT2D eigenvalue weighted by atomic mass is 16.1. The highest BCUT2D eigenvalue weighted by Gasteiger charge is 2.18. The molecule has 1 heterocycles. The van der Waals surface area contributed by atoms with Crippen LogP contribution in [0.1, 0.15) is 50.1 Å². The van der Waals surface area contributed by atoms with Gasteiger partial charge >= 0.3 is 0 Å². The van der Waals surface area contributed by atoms with E-state index >= 15 is 0 Å². The van der Waals surface area contributed by atoms with E-state index in [1.807, 2.05) is 25.6 Å². The normalized spacial score (nSPS) is 11.7. The first-order chi connectivity index (χ1) is 9.26. The molecule has 0 spiro atoms. The number of hydrogen-bond donors (Lipinski definition) is 2. The van der Waals surface area contributed by atoms with Crippen LogP contribution in [0.2, 0.25) is 0 Å². The van der Waals surface area contributed by atoms with E-state index in [9.17, 15) is 4.79 Å². The summed E-state index contributed by atoms with van der Waals surface area (Å²) >= 11 is 0. The molecule has 0 saturated heterocycles. The third-order valence-corrected chi connectivity index (χ3v) is 3.97. The molecule has 20 heavy (non-hydrogen) atoms. The van der Waals surface area contributed by atoms with E-state index in [4.69, 9.17) is 5.73 Å². The summed E-state index contributed by atoms with van der Waals surface area (Å²) in [7, 11) is 1.92. The minimum Gasteiger partial charge on any atom is -0.352 e. The van der Waals surface area contributed by atoms with Gasteiger partial charge in [0.15, 0.2) is 0 Å². The molecule has 0 radical (unpaired) electrons. The zero-order valence-corrected chi connectivity index (χ0v) is 13.4. The van der Waals surface area contributed by atoms with Gasteiger partial charge in [0.2, 0.25) is 5.91 Å². The molecule has 5 heteroatoms. The Balaban J connectivity index is 2.44. The first kappa shape index (κ1) is 16.7. The smallest absolute Gasteiger partial charge is 0.220 e. The van der Waals surface area contributed by atoms with Gasteiger partial charge in [0.1, 0.15) is 0 Å². The number of nitrogens with two attached hydrogens (primary N) is 1. The van der Waals surface area contributed by atoms with E-state index in [0.717, 1.165) is 29.8 Å². The Kier molecular flexibility index (Phi) is 5.74. The molecule has 1 amide bonds. The second-order valence-electron chi connectivity index (χ2n) is 6.25. The van der Waals surface area contributed by atoms with Crippen molar-refractivity contribution in [3.8, 4) is 0 Å². The van der Waals surface area contributed by atoms with E-state index in [-0.39, 0.29) is 11.3 Å². The fraction of sp³-hybridized carbons (Fsp3) is 0.733. The number of nitrogens with zero attached hydrogens (tertiary/aromatic N) is 2. The Morgan fingerprint density at radius 1 is 1.35 bits per heavy atom. The van der Waals surface area contributed by atoms with Crippen LogP contribution in [0.3, 0.4) is 0 Å². The average molecular weight is 280 g/mol. The summed E-state index contributed by atoms with van der Waals surface area (Å²) < 4.78 is 1.85. The minimum absolute atomic E-state index is 0.0951. The first-order valence-corrected chi connectivity index (χ1v) is 7.22. The predicted octanol–water partition coefficient (Wildman–Crippen LogP) is 1.81. The molecule has 3 N–H and O–H groups in total. The molecule has 114 valence electrons. The van der Waals surface area contributed by atoms with Crippen molar-refractivity contribution in [2.45, 2.75) is 53.5 Å². The van der Waals surface area contributed by atoms with Gasteiger partial charge in [-0.25, -0.2) is 0 Å². The third kappa shape index (κ3) is 4.63. The zero-order valence-electron chi connectivity index (χ0n) is 13.4. The number of aromatic nitrogens is 2. The maximum atomic E-state index is 11.9. The van der Waals surface area contributed by atoms with Gasteiger partial charge in [-0.1, -0.05) is 13.8 Å². The van der Waals surface area contributed by atoms with Gasteiger partial charge in [0, 0.05) is 31.3 Å². The Hall–Kier alpha value is -1.36. The number of carbonyl (C=O) groups is 1. The van der Waals surface area contributed by atoms with Crippen LogP contribution in [0.25, 0.3) is 0 Å². The Morgan fingerprint density at radius 2 is 2.00 bits per heavy atom. The molecule has 0 aliphatic rings. The van der Waals surface area contributed by atoms with E-state index in [0.29, 0.717) is 19.5 Å². The molecular weight excluding hydrogens is 252 g/mol. The van der Waals surface area contributed by atoms with Crippen LogP contribution < -0.4 is 11.1 Å². The molecule has 1 aromatic rings. The minimum atomic E-state index is 0.0951. The topological polar surface area (TPSA) is 72.9 Å². The maximum absolute atomic E-state index is 11.9. The number of hydrogen-bond acceptors (Lipinski definition) is 3. The molecule has 0 fully saturated rings. The monoisotopic (exact) mass is 280 g/mol. The van der Waals surface area contributed by atoms with Crippen LogP contribution in [0.4, 0.5) is 0 Å². The van der Waals surface area contributed by atoms with Crippen LogP contribution in [-0.2, 0) is 18.4 Å². The van der Waals surface area contributed by atoms with Crippen LogP contribution in [-0.4, -0.2) is 22.2 Å². The summed E-state index contributed by atoms with van der Waals surface area (Å²) in [5.41, 5.74) is 8.91. The van der Waals surface area contributed by atoms with Crippen LogP contribution >= 0.6 is 0 Å². The first-order valence-electron chi connectivity index (χ1n) is 7.22. The SMILES string of the molecule is Cc1nn(C)c(C)c1CNC(=O)CCC(C)(C)CCN. The van der Waals surface area contributed by atoms with Gasteiger partial charge in [0.25, 0.3) is 0 Å². The van der Waals surface area contributed by atoms with Crippen molar-refractivity contribution >= 4 is 5.91 Å². The predicted molar refractivity (Wildman–Crippen MR) is 81.2 cm³/mol. The van der Waals surface area contributed by atoms with Gasteiger partial charge in [0.05, 0.1) is 5.69 Å². The average Bonchev–Trinajstić information content (AvgIpc) is 2.59. The summed E-state index contributed by atoms with van der Waals surface area (Å²) in [4.78, 5) is 11.9. The van der Waals surface area contributed by atoms with Crippen molar-refractivity contribution in [1.82, 2.24) is 15.1 Å². The maximum Gasteiger partial charge on any atom is 0.220 e. The largest absolute Gasteiger partial charge is 0.352 e. The van der Waals surface area contributed by atoms with E-state index in [1.165, 1.54) is 0 Å². The Labute approximate surface area is 121 Å². The fourth-order valence-corrected chi connectivity index (χ4v) is 2.32. The van der Waals surface area contributed by atoms with Crippen molar-refractivity contribution in [2.75, 3.05) is 6.54 Å². The van der Waals surface area contributed by atoms with Gasteiger partial charge in [-0.15, -0.1) is 0 Å². The Morgan fingerprint density at radius 3 is 2.50 bits per heavy atom. The number of carbonyl (C=O) groups excluding carboxylic acids is 1. The molecule has 1 aromatic heterocycles. The lowest BCUT2D eigenvalue weighted by Gasteiger charge is -2.23. The lowest BCUT2D eigenvalue weighted by atomic mass is 9.84. The fourth-order valence-electron chi connectivity index (χ4n) is 2.32. The molecule has 0 aliphatic heterocycles. The van der Waals surface area contributed by atoms with Gasteiger partial charge in [-0.05, 0) is 38.6 Å². The van der Waals surface area contributed by atoms with Crippen molar-refractivity contribution < 1.29 is 4.79 Å². The van der Waals surface area contributed by atoms with Crippen LogP contribution in [0.5, 0.6) is 0 Å². The molecule has 0 aliphatic carbocycles. The molecule has 0 bridgehead atoms. The van der Waals surface area contributed by atoms with Gasteiger partial charge in [-0.3, -0.25) is 9.48 Å². The van der Waals surface area contributed by atoms with E-state index < -0.39 is 0 Å². The molecule has 1 rings (SSSR count). The third-order valence-electron chi connectivity index (χ3n) is 3.97. The number of nitrogens with one attached hydrogen (secondary N) is 1. The quantitative estimate of drug-likeness (QED) is 0.800. The number of rotatable bonds is 7. The molecule has 0 unspecified atom stereocenters. The number of aryl methyl sites for hydroxylation is 2. The second kappa shape index (κ2) is 6.88. The summed E-state index contributed by atoms with van der Waals surface area (Å²) in [6, 6.07) is 0. The standard InChI is InChI=1S/C15H28N4O/c1-11-13(12(2)19(5)18-11)10-17-14(20)6-7-15(3,4)8-9-16/h6-10,16H2,1-5H3,(H,17,20). The molecule has 0 aromatic carbocycles. The van der Waals surface area contributed by atoms with Crippen molar-refractivity contribution in [1.29, 1.82) is 0 Å². The zero-order chi connectivity index (χ0) is 15.3. The van der Waals surface area contributed by atoms with Crippen molar-refractivity contribution in [3.05, 3.63) is 17.0 Å². The highest BCUT2D eigenvalue weighted by molar-refractivity contribution is 5.75. The number of amides is 1. The molecule has 0 saturated carbocycles. The summed E-state index contributed by atoms with van der Waals surface area (Å²) in [5, 5.41) is 7.33.